The van der Waals surface area contributed by atoms with E-state index in [2.05, 4.69) is 4.98 Å². The smallest absolute Gasteiger partial charge is 0.328 e. The molecule has 1 aromatic carbocycles. The van der Waals surface area contributed by atoms with Crippen LogP contribution in [0.1, 0.15) is 31.0 Å². The molecule has 0 aliphatic carbocycles. The molecule has 0 saturated carbocycles. The molecule has 0 spiro atoms. The molecule has 0 unspecified atom stereocenters. The van der Waals surface area contributed by atoms with Crippen molar-refractivity contribution in [2.45, 2.75) is 32.5 Å². The van der Waals surface area contributed by atoms with Gasteiger partial charge in [0.05, 0.1) is 7.11 Å². The van der Waals surface area contributed by atoms with Crippen LogP contribution in [0.5, 0.6) is 5.75 Å². The highest BCUT2D eigenvalue weighted by atomic mass is 16.7. The number of methoxy groups -OCH3 is 1. The van der Waals surface area contributed by atoms with E-state index in [1.54, 1.807) is 13.2 Å². The second-order valence-corrected chi connectivity index (χ2v) is 5.75. The van der Waals surface area contributed by atoms with Crippen LogP contribution in [-0.4, -0.2) is 29.8 Å². The van der Waals surface area contributed by atoms with E-state index in [-0.39, 0.29) is 0 Å². The summed E-state index contributed by atoms with van der Waals surface area (Å²) in [5.74, 6) is -2.89. The molecule has 0 radical (unpaired) electrons. The highest BCUT2D eigenvalue weighted by Gasteiger charge is 2.45. The number of H-pyrrole nitrogens is 1. The van der Waals surface area contributed by atoms with Crippen molar-refractivity contribution in [3.8, 4) is 5.75 Å². The molecule has 2 heterocycles. The van der Waals surface area contributed by atoms with Gasteiger partial charge < -0.3 is 19.2 Å². The monoisotopic (exact) mass is 303 g/mol. The summed E-state index contributed by atoms with van der Waals surface area (Å²) in [4.78, 5) is 27.8. The lowest BCUT2D eigenvalue weighted by molar-refractivity contribution is -0.234. The number of carbonyl (C=O) groups is 2. The maximum atomic E-state index is 12.3. The SMILES string of the molecule is COc1ccc2[nH]c(C)c(C3C(=O)OC(C)(C)OC3=O)c2c1. The van der Waals surface area contributed by atoms with Crippen LogP contribution < -0.4 is 4.74 Å². The molecule has 116 valence electrons. The number of carbonyl (C=O) groups excluding carboxylic acids is 2. The van der Waals surface area contributed by atoms with E-state index < -0.39 is 23.6 Å². The number of rotatable bonds is 2. The molecule has 6 heteroatoms. The van der Waals surface area contributed by atoms with Crippen molar-refractivity contribution in [3.63, 3.8) is 0 Å². The Bertz CT molecular complexity index is 754. The fourth-order valence-corrected chi connectivity index (χ4v) is 2.78. The van der Waals surface area contributed by atoms with E-state index in [9.17, 15) is 9.59 Å². The van der Waals surface area contributed by atoms with Crippen molar-refractivity contribution in [2.75, 3.05) is 7.11 Å². The van der Waals surface area contributed by atoms with E-state index in [0.29, 0.717) is 11.3 Å². The number of benzene rings is 1. The van der Waals surface area contributed by atoms with Gasteiger partial charge in [-0.3, -0.25) is 9.59 Å². The predicted molar refractivity (Wildman–Crippen MR) is 78.6 cm³/mol. The van der Waals surface area contributed by atoms with E-state index in [4.69, 9.17) is 14.2 Å². The van der Waals surface area contributed by atoms with Gasteiger partial charge in [0.1, 0.15) is 5.75 Å². The van der Waals surface area contributed by atoms with Crippen molar-refractivity contribution in [1.29, 1.82) is 0 Å². The van der Waals surface area contributed by atoms with Gasteiger partial charge in [-0.2, -0.15) is 0 Å². The minimum atomic E-state index is -1.23. The lowest BCUT2D eigenvalue weighted by Crippen LogP contribution is -2.45. The lowest BCUT2D eigenvalue weighted by atomic mass is 9.95. The molecule has 1 aromatic heterocycles. The first-order valence-electron chi connectivity index (χ1n) is 6.94. The van der Waals surface area contributed by atoms with Crippen molar-refractivity contribution >= 4 is 22.8 Å². The second kappa shape index (κ2) is 4.76. The minimum absolute atomic E-state index is 0.569. The Kier molecular flexibility index (Phi) is 3.12. The molecule has 6 nitrogen and oxygen atoms in total. The van der Waals surface area contributed by atoms with Gasteiger partial charge in [-0.05, 0) is 25.1 Å². The number of fused-ring (bicyclic) bond motifs is 1. The van der Waals surface area contributed by atoms with Crippen LogP contribution >= 0.6 is 0 Å². The van der Waals surface area contributed by atoms with Crippen molar-refractivity contribution < 1.29 is 23.8 Å². The van der Waals surface area contributed by atoms with Crippen molar-refractivity contribution in [3.05, 3.63) is 29.5 Å². The number of cyclic esters (lactones) is 2. The van der Waals surface area contributed by atoms with E-state index in [1.807, 2.05) is 19.1 Å². The van der Waals surface area contributed by atoms with E-state index in [0.717, 1.165) is 16.6 Å². The fourth-order valence-electron chi connectivity index (χ4n) is 2.78. The number of hydrogen-bond donors (Lipinski definition) is 1. The molecule has 2 aromatic rings. The van der Waals surface area contributed by atoms with Crippen LogP contribution in [-0.2, 0) is 19.1 Å². The zero-order valence-corrected chi connectivity index (χ0v) is 12.9. The summed E-state index contributed by atoms with van der Waals surface area (Å²) in [6.45, 7) is 4.87. The summed E-state index contributed by atoms with van der Waals surface area (Å²) in [7, 11) is 1.56. The van der Waals surface area contributed by atoms with E-state index in [1.165, 1.54) is 13.8 Å². The number of nitrogens with one attached hydrogen (secondary N) is 1. The van der Waals surface area contributed by atoms with Crippen LogP contribution in [0.15, 0.2) is 18.2 Å². The zero-order valence-electron chi connectivity index (χ0n) is 12.9. The molecule has 0 bridgehead atoms. The third-order valence-corrected chi connectivity index (χ3v) is 3.70. The number of hydrogen-bond acceptors (Lipinski definition) is 5. The van der Waals surface area contributed by atoms with Crippen LogP contribution in [0, 0.1) is 6.92 Å². The maximum absolute atomic E-state index is 12.3. The average Bonchev–Trinajstić information content (AvgIpc) is 2.72. The highest BCUT2D eigenvalue weighted by molar-refractivity contribution is 6.06. The Balaban J connectivity index is 2.15. The Morgan fingerprint density at radius 1 is 1.18 bits per heavy atom. The molecular weight excluding hydrogens is 286 g/mol. The number of aromatic amines is 1. The molecule has 0 atom stereocenters. The molecule has 1 aliphatic heterocycles. The van der Waals surface area contributed by atoms with Gasteiger partial charge in [0.15, 0.2) is 5.92 Å². The van der Waals surface area contributed by atoms with Gasteiger partial charge in [0.25, 0.3) is 5.79 Å². The normalized spacial score (nSPS) is 18.2. The van der Waals surface area contributed by atoms with Crippen LogP contribution in [0.2, 0.25) is 0 Å². The first kappa shape index (κ1) is 14.4. The average molecular weight is 303 g/mol. The second-order valence-electron chi connectivity index (χ2n) is 5.75. The molecule has 1 saturated heterocycles. The Morgan fingerprint density at radius 2 is 1.82 bits per heavy atom. The highest BCUT2D eigenvalue weighted by Crippen LogP contribution is 2.37. The maximum Gasteiger partial charge on any atom is 0.328 e. The Morgan fingerprint density at radius 3 is 2.41 bits per heavy atom. The predicted octanol–water partition coefficient (Wildman–Crippen LogP) is 2.40. The molecule has 1 aliphatic rings. The summed E-state index contributed by atoms with van der Waals surface area (Å²) >= 11 is 0. The molecular formula is C16H17NO5. The van der Waals surface area contributed by atoms with Crippen LogP contribution in [0.25, 0.3) is 10.9 Å². The van der Waals surface area contributed by atoms with E-state index >= 15 is 0 Å². The standard InChI is InChI=1S/C16H17NO5/c1-8-12(10-7-9(20-4)5-6-11(10)17-8)13-14(18)21-16(2,3)22-15(13)19/h5-7,13,17H,1-4H3. The lowest BCUT2D eigenvalue weighted by Gasteiger charge is -2.33. The van der Waals surface area contributed by atoms with Gasteiger partial charge in [-0.25, -0.2) is 0 Å². The van der Waals surface area contributed by atoms with Crippen molar-refractivity contribution in [2.24, 2.45) is 0 Å². The number of aromatic nitrogens is 1. The van der Waals surface area contributed by atoms with Crippen LogP contribution in [0.3, 0.4) is 0 Å². The molecule has 1 fully saturated rings. The topological polar surface area (TPSA) is 77.6 Å². The largest absolute Gasteiger partial charge is 0.497 e. The number of ether oxygens (including phenoxy) is 3. The molecule has 0 amide bonds. The Labute approximate surface area is 127 Å². The van der Waals surface area contributed by atoms with Crippen molar-refractivity contribution in [1.82, 2.24) is 4.98 Å². The van der Waals surface area contributed by atoms with Crippen LogP contribution in [0.4, 0.5) is 0 Å². The summed E-state index contributed by atoms with van der Waals surface area (Å²) in [5.41, 5.74) is 2.11. The van der Waals surface area contributed by atoms with Gasteiger partial charge in [-0.15, -0.1) is 0 Å². The number of aryl methyl sites for hydroxylation is 1. The van der Waals surface area contributed by atoms with Gasteiger partial charge in [-0.1, -0.05) is 0 Å². The third kappa shape index (κ3) is 2.20. The first-order chi connectivity index (χ1) is 10.3. The summed E-state index contributed by atoms with van der Waals surface area (Å²) in [5, 5.41) is 0.746. The van der Waals surface area contributed by atoms with Gasteiger partial charge in [0, 0.05) is 36.0 Å². The fraction of sp³-hybridized carbons (Fsp3) is 0.375. The summed E-state index contributed by atoms with van der Waals surface area (Å²) in [6, 6.07) is 5.44. The zero-order chi connectivity index (χ0) is 16.1. The molecule has 1 N–H and O–H groups in total. The summed E-state index contributed by atoms with van der Waals surface area (Å²) in [6.07, 6.45) is 0. The third-order valence-electron chi connectivity index (χ3n) is 3.70. The quantitative estimate of drug-likeness (QED) is 0.681. The Hall–Kier alpha value is -2.50. The first-order valence-corrected chi connectivity index (χ1v) is 6.94. The molecule has 3 rings (SSSR count). The summed E-state index contributed by atoms with van der Waals surface area (Å²) < 4.78 is 15.6. The van der Waals surface area contributed by atoms with Gasteiger partial charge >= 0.3 is 11.9 Å². The van der Waals surface area contributed by atoms with Gasteiger partial charge in [0.2, 0.25) is 0 Å². The number of esters is 2. The minimum Gasteiger partial charge on any atom is -0.497 e. The molecule has 22 heavy (non-hydrogen) atoms.